The second-order valence-corrected chi connectivity index (χ2v) is 5.53. The van der Waals surface area contributed by atoms with Gasteiger partial charge in [0, 0.05) is 21.1 Å². The molecule has 0 saturated carbocycles. The molecule has 0 aliphatic carbocycles. The fraction of sp³-hybridized carbons (Fsp3) is 0.385. The molecule has 0 aliphatic rings. The van der Waals surface area contributed by atoms with Crippen LogP contribution in [0.2, 0.25) is 5.02 Å². The number of unbranched alkanes of at least 4 members (excludes halogenated alkanes) is 1. The summed E-state index contributed by atoms with van der Waals surface area (Å²) in [5.74, 6) is 0. The fourth-order valence-corrected chi connectivity index (χ4v) is 2.86. The van der Waals surface area contributed by atoms with E-state index in [1.807, 2.05) is 23.5 Å². The maximum atomic E-state index is 5.96. The highest BCUT2D eigenvalue weighted by molar-refractivity contribution is 7.19. The number of fused-ring (bicyclic) bond motifs is 1. The lowest BCUT2D eigenvalue weighted by Gasteiger charge is -1.99. The van der Waals surface area contributed by atoms with E-state index in [1.54, 1.807) is 0 Å². The maximum absolute atomic E-state index is 5.96. The SMILES string of the molecule is CCCCNCc1cc2cc(Cl)ccc2s1. The monoisotopic (exact) mass is 253 g/mol. The Bertz CT molecular complexity index is 464. The first-order valence-electron chi connectivity index (χ1n) is 5.68. The molecule has 1 N–H and O–H groups in total. The lowest BCUT2D eigenvalue weighted by atomic mass is 10.2. The van der Waals surface area contributed by atoms with Crippen LogP contribution in [0.3, 0.4) is 0 Å². The third-order valence-corrected chi connectivity index (χ3v) is 3.89. The van der Waals surface area contributed by atoms with Crippen LogP contribution in [0.1, 0.15) is 24.6 Å². The summed E-state index contributed by atoms with van der Waals surface area (Å²) >= 11 is 7.81. The summed E-state index contributed by atoms with van der Waals surface area (Å²) in [4.78, 5) is 1.38. The number of hydrogen-bond donors (Lipinski definition) is 1. The highest BCUT2D eigenvalue weighted by atomic mass is 35.5. The van der Waals surface area contributed by atoms with Crippen LogP contribution in [-0.4, -0.2) is 6.54 Å². The van der Waals surface area contributed by atoms with Gasteiger partial charge in [-0.2, -0.15) is 0 Å². The Morgan fingerprint density at radius 1 is 1.31 bits per heavy atom. The van der Waals surface area contributed by atoms with Gasteiger partial charge in [0.05, 0.1) is 0 Å². The minimum Gasteiger partial charge on any atom is -0.312 e. The van der Waals surface area contributed by atoms with Gasteiger partial charge in [0.25, 0.3) is 0 Å². The van der Waals surface area contributed by atoms with Crippen LogP contribution in [-0.2, 0) is 6.54 Å². The average Bonchev–Trinajstić information content (AvgIpc) is 2.66. The summed E-state index contributed by atoms with van der Waals surface area (Å²) < 4.78 is 1.32. The molecule has 2 rings (SSSR count). The van der Waals surface area contributed by atoms with Crippen LogP contribution < -0.4 is 5.32 Å². The number of benzene rings is 1. The van der Waals surface area contributed by atoms with Crippen LogP contribution in [0.5, 0.6) is 0 Å². The Kier molecular flexibility index (Phi) is 4.22. The van der Waals surface area contributed by atoms with Crippen LogP contribution in [0.15, 0.2) is 24.3 Å². The zero-order valence-electron chi connectivity index (χ0n) is 9.42. The lowest BCUT2D eigenvalue weighted by molar-refractivity contribution is 0.646. The Balaban J connectivity index is 2.02. The Morgan fingerprint density at radius 3 is 3.00 bits per heavy atom. The molecule has 2 aromatic rings. The van der Waals surface area contributed by atoms with Gasteiger partial charge in [-0.05, 0) is 42.6 Å². The zero-order chi connectivity index (χ0) is 11.4. The third kappa shape index (κ3) is 2.97. The van der Waals surface area contributed by atoms with Crippen LogP contribution in [0.4, 0.5) is 0 Å². The first-order valence-corrected chi connectivity index (χ1v) is 6.87. The first-order chi connectivity index (χ1) is 7.79. The van der Waals surface area contributed by atoms with Gasteiger partial charge < -0.3 is 5.32 Å². The molecular weight excluding hydrogens is 238 g/mol. The summed E-state index contributed by atoms with van der Waals surface area (Å²) in [6, 6.07) is 8.31. The Hall–Kier alpha value is -0.570. The molecule has 16 heavy (non-hydrogen) atoms. The van der Waals surface area contributed by atoms with Crippen molar-refractivity contribution in [2.75, 3.05) is 6.54 Å². The standard InChI is InChI=1S/C13H16ClNS/c1-2-3-6-15-9-12-8-10-7-11(14)4-5-13(10)16-12/h4-5,7-8,15H,2-3,6,9H2,1H3. The van der Waals surface area contributed by atoms with Crippen LogP contribution in [0.25, 0.3) is 10.1 Å². The van der Waals surface area contributed by atoms with Crippen molar-refractivity contribution in [3.8, 4) is 0 Å². The van der Waals surface area contributed by atoms with Crippen molar-refractivity contribution in [2.24, 2.45) is 0 Å². The molecule has 0 spiro atoms. The van der Waals surface area contributed by atoms with Gasteiger partial charge in [0.1, 0.15) is 0 Å². The van der Waals surface area contributed by atoms with Crippen molar-refractivity contribution < 1.29 is 0 Å². The summed E-state index contributed by atoms with van der Waals surface area (Å²) in [5.41, 5.74) is 0. The Morgan fingerprint density at radius 2 is 2.19 bits per heavy atom. The van der Waals surface area contributed by atoms with Crippen molar-refractivity contribution in [3.05, 3.63) is 34.2 Å². The molecule has 1 heterocycles. The van der Waals surface area contributed by atoms with Gasteiger partial charge in [-0.15, -0.1) is 11.3 Å². The highest BCUT2D eigenvalue weighted by Gasteiger charge is 2.01. The van der Waals surface area contributed by atoms with E-state index in [-0.39, 0.29) is 0 Å². The lowest BCUT2D eigenvalue weighted by Crippen LogP contribution is -2.13. The average molecular weight is 254 g/mol. The summed E-state index contributed by atoms with van der Waals surface area (Å²) in [6.07, 6.45) is 2.49. The molecule has 0 radical (unpaired) electrons. The smallest absolute Gasteiger partial charge is 0.0412 e. The van der Waals surface area contributed by atoms with Crippen molar-refractivity contribution >= 4 is 33.0 Å². The van der Waals surface area contributed by atoms with E-state index >= 15 is 0 Å². The number of nitrogens with one attached hydrogen (secondary N) is 1. The second-order valence-electron chi connectivity index (χ2n) is 3.93. The molecule has 0 fully saturated rings. The van der Waals surface area contributed by atoms with E-state index in [0.29, 0.717) is 0 Å². The van der Waals surface area contributed by atoms with E-state index < -0.39 is 0 Å². The number of rotatable bonds is 5. The third-order valence-electron chi connectivity index (χ3n) is 2.54. The maximum Gasteiger partial charge on any atom is 0.0412 e. The molecular formula is C13H16ClNS. The van der Waals surface area contributed by atoms with Crippen LogP contribution >= 0.6 is 22.9 Å². The van der Waals surface area contributed by atoms with Gasteiger partial charge in [-0.3, -0.25) is 0 Å². The molecule has 0 bridgehead atoms. The van der Waals surface area contributed by atoms with Crippen LogP contribution in [0, 0.1) is 0 Å². The Labute approximate surface area is 105 Å². The van der Waals surface area contributed by atoms with E-state index in [0.717, 1.165) is 18.1 Å². The topological polar surface area (TPSA) is 12.0 Å². The van der Waals surface area contributed by atoms with Gasteiger partial charge in [-0.25, -0.2) is 0 Å². The summed E-state index contributed by atoms with van der Waals surface area (Å²) in [7, 11) is 0. The molecule has 0 aliphatic heterocycles. The predicted molar refractivity (Wildman–Crippen MR) is 73.4 cm³/mol. The van der Waals surface area contributed by atoms with Crippen molar-refractivity contribution in [1.82, 2.24) is 5.32 Å². The molecule has 0 saturated heterocycles. The predicted octanol–water partition coefficient (Wildman–Crippen LogP) is 4.44. The molecule has 0 atom stereocenters. The molecule has 0 amide bonds. The minimum atomic E-state index is 0.816. The van der Waals surface area contributed by atoms with E-state index in [4.69, 9.17) is 11.6 Å². The summed E-state index contributed by atoms with van der Waals surface area (Å²) in [5, 5.41) is 5.53. The first kappa shape index (κ1) is 11.9. The molecule has 1 aromatic heterocycles. The second kappa shape index (κ2) is 5.67. The molecule has 1 nitrogen and oxygen atoms in total. The molecule has 0 unspecified atom stereocenters. The quantitative estimate of drug-likeness (QED) is 0.777. The van der Waals surface area contributed by atoms with Gasteiger partial charge in [-0.1, -0.05) is 24.9 Å². The molecule has 1 aromatic carbocycles. The van der Waals surface area contributed by atoms with E-state index in [1.165, 1.54) is 27.8 Å². The normalized spacial score (nSPS) is 11.1. The van der Waals surface area contributed by atoms with Gasteiger partial charge in [0.2, 0.25) is 0 Å². The molecule has 3 heteroatoms. The van der Waals surface area contributed by atoms with E-state index in [2.05, 4.69) is 24.4 Å². The zero-order valence-corrected chi connectivity index (χ0v) is 11.0. The fourth-order valence-electron chi connectivity index (χ4n) is 1.67. The van der Waals surface area contributed by atoms with Crippen molar-refractivity contribution in [3.63, 3.8) is 0 Å². The highest BCUT2D eigenvalue weighted by Crippen LogP contribution is 2.27. The number of hydrogen-bond acceptors (Lipinski definition) is 2. The summed E-state index contributed by atoms with van der Waals surface area (Å²) in [6.45, 7) is 4.28. The molecule has 86 valence electrons. The van der Waals surface area contributed by atoms with Crippen molar-refractivity contribution in [1.29, 1.82) is 0 Å². The largest absolute Gasteiger partial charge is 0.312 e. The van der Waals surface area contributed by atoms with Crippen molar-refractivity contribution in [2.45, 2.75) is 26.3 Å². The van der Waals surface area contributed by atoms with Gasteiger partial charge >= 0.3 is 0 Å². The minimum absolute atomic E-state index is 0.816. The number of thiophene rings is 1. The van der Waals surface area contributed by atoms with E-state index in [9.17, 15) is 0 Å². The van der Waals surface area contributed by atoms with Gasteiger partial charge in [0.15, 0.2) is 0 Å². The number of halogens is 1.